The van der Waals surface area contributed by atoms with Gasteiger partial charge in [0, 0.05) is 31.8 Å². The highest BCUT2D eigenvalue weighted by atomic mass is 16.5. The highest BCUT2D eigenvalue weighted by Gasteiger charge is 2.34. The maximum absolute atomic E-state index is 11.8. The molecular weight excluding hydrogens is 282 g/mol. The Kier molecular flexibility index (Phi) is 6.21. The van der Waals surface area contributed by atoms with Gasteiger partial charge in [0.1, 0.15) is 12.4 Å². The molecule has 0 aliphatic carbocycles. The smallest absolute Gasteiger partial charge is 0.246 e. The first-order chi connectivity index (χ1) is 10.7. The molecule has 1 aromatic rings. The van der Waals surface area contributed by atoms with E-state index >= 15 is 0 Å². The van der Waals surface area contributed by atoms with E-state index in [1.165, 1.54) is 5.56 Å². The van der Waals surface area contributed by atoms with Crippen molar-refractivity contribution < 1.29 is 19.0 Å². The molecule has 0 unspecified atom stereocenters. The van der Waals surface area contributed by atoms with Crippen molar-refractivity contribution in [2.24, 2.45) is 0 Å². The summed E-state index contributed by atoms with van der Waals surface area (Å²) < 4.78 is 15.9. The lowest BCUT2D eigenvalue weighted by atomic mass is 9.74. The van der Waals surface area contributed by atoms with E-state index in [2.05, 4.69) is 17.4 Å². The first-order valence-corrected chi connectivity index (χ1v) is 7.77. The summed E-state index contributed by atoms with van der Waals surface area (Å²) in [7, 11) is 1.66. The van der Waals surface area contributed by atoms with Crippen LogP contribution in [0.1, 0.15) is 25.3 Å². The summed E-state index contributed by atoms with van der Waals surface area (Å²) in [6, 6.07) is 8.10. The molecule has 22 heavy (non-hydrogen) atoms. The van der Waals surface area contributed by atoms with Gasteiger partial charge in [0.15, 0.2) is 0 Å². The van der Waals surface area contributed by atoms with E-state index in [1.807, 2.05) is 19.1 Å². The predicted molar refractivity (Wildman–Crippen MR) is 84.2 cm³/mol. The molecule has 1 N–H and O–H groups in total. The molecule has 0 spiro atoms. The van der Waals surface area contributed by atoms with Gasteiger partial charge in [0.25, 0.3) is 0 Å². The highest BCUT2D eigenvalue weighted by Crippen LogP contribution is 2.35. The van der Waals surface area contributed by atoms with Crippen molar-refractivity contribution in [2.45, 2.75) is 25.2 Å². The van der Waals surface area contributed by atoms with Gasteiger partial charge in [-0.25, -0.2) is 0 Å². The zero-order valence-corrected chi connectivity index (χ0v) is 13.4. The Morgan fingerprint density at radius 1 is 1.27 bits per heavy atom. The molecule has 0 atom stereocenters. The molecular formula is C17H25NO4. The standard InChI is InChI=1S/C17H25NO4/c1-3-21-12-16(19)18-13-17(8-10-22-11-9-17)14-4-6-15(20-2)7-5-14/h4-7H,3,8-13H2,1-2H3,(H,18,19). The average Bonchev–Trinajstić information content (AvgIpc) is 2.59. The van der Waals surface area contributed by atoms with Gasteiger partial charge in [-0.15, -0.1) is 0 Å². The van der Waals surface area contributed by atoms with E-state index in [-0.39, 0.29) is 17.9 Å². The zero-order valence-electron chi connectivity index (χ0n) is 13.4. The fourth-order valence-corrected chi connectivity index (χ4v) is 2.79. The predicted octanol–water partition coefficient (Wildman–Crippen LogP) is 1.90. The van der Waals surface area contributed by atoms with Crippen molar-refractivity contribution in [2.75, 3.05) is 40.1 Å². The number of amides is 1. The van der Waals surface area contributed by atoms with E-state index < -0.39 is 0 Å². The summed E-state index contributed by atoms with van der Waals surface area (Å²) >= 11 is 0. The van der Waals surface area contributed by atoms with E-state index in [1.54, 1.807) is 7.11 Å². The second kappa shape index (κ2) is 8.15. The zero-order chi connectivity index (χ0) is 15.8. The summed E-state index contributed by atoms with van der Waals surface area (Å²) in [5.41, 5.74) is 1.14. The van der Waals surface area contributed by atoms with E-state index in [9.17, 15) is 4.79 Å². The molecule has 0 radical (unpaired) electrons. The minimum atomic E-state index is -0.0770. The van der Waals surface area contributed by atoms with Gasteiger partial charge >= 0.3 is 0 Å². The van der Waals surface area contributed by atoms with Crippen LogP contribution in [0.4, 0.5) is 0 Å². The molecule has 5 nitrogen and oxygen atoms in total. The van der Waals surface area contributed by atoms with Crippen LogP contribution in [0.15, 0.2) is 24.3 Å². The maximum atomic E-state index is 11.8. The fraction of sp³-hybridized carbons (Fsp3) is 0.588. The van der Waals surface area contributed by atoms with Crippen LogP contribution in [0.2, 0.25) is 0 Å². The molecule has 1 aromatic carbocycles. The second-order valence-electron chi connectivity index (χ2n) is 5.54. The number of methoxy groups -OCH3 is 1. The Labute approximate surface area is 131 Å². The third-order valence-electron chi connectivity index (χ3n) is 4.21. The van der Waals surface area contributed by atoms with Gasteiger partial charge in [0.2, 0.25) is 5.91 Å². The first-order valence-electron chi connectivity index (χ1n) is 7.77. The van der Waals surface area contributed by atoms with Gasteiger partial charge in [-0.2, -0.15) is 0 Å². The Morgan fingerprint density at radius 2 is 1.95 bits per heavy atom. The summed E-state index contributed by atoms with van der Waals surface area (Å²) in [6.45, 7) is 4.58. The molecule has 1 heterocycles. The lowest BCUT2D eigenvalue weighted by Crippen LogP contribution is -2.45. The second-order valence-corrected chi connectivity index (χ2v) is 5.54. The van der Waals surface area contributed by atoms with Crippen LogP contribution in [0.3, 0.4) is 0 Å². The molecule has 1 aliphatic heterocycles. The fourth-order valence-electron chi connectivity index (χ4n) is 2.79. The van der Waals surface area contributed by atoms with Crippen LogP contribution in [-0.4, -0.2) is 46.0 Å². The normalized spacial score (nSPS) is 17.0. The van der Waals surface area contributed by atoms with Crippen molar-refractivity contribution in [1.82, 2.24) is 5.32 Å². The van der Waals surface area contributed by atoms with E-state index in [0.29, 0.717) is 26.4 Å². The van der Waals surface area contributed by atoms with Crippen molar-refractivity contribution in [3.8, 4) is 5.75 Å². The summed E-state index contributed by atoms with van der Waals surface area (Å²) in [4.78, 5) is 11.8. The van der Waals surface area contributed by atoms with Crippen LogP contribution >= 0.6 is 0 Å². The summed E-state index contributed by atoms with van der Waals surface area (Å²) in [5.74, 6) is 0.771. The number of carbonyl (C=O) groups is 1. The maximum Gasteiger partial charge on any atom is 0.246 e. The van der Waals surface area contributed by atoms with Gasteiger partial charge in [0.05, 0.1) is 7.11 Å². The monoisotopic (exact) mass is 307 g/mol. The Bertz CT molecular complexity index is 466. The number of benzene rings is 1. The lowest BCUT2D eigenvalue weighted by molar-refractivity contribution is -0.126. The lowest BCUT2D eigenvalue weighted by Gasteiger charge is -2.38. The van der Waals surface area contributed by atoms with Crippen molar-refractivity contribution in [3.63, 3.8) is 0 Å². The number of rotatable bonds is 7. The molecule has 0 bridgehead atoms. The molecule has 1 fully saturated rings. The van der Waals surface area contributed by atoms with E-state index in [0.717, 1.165) is 18.6 Å². The minimum Gasteiger partial charge on any atom is -0.497 e. The highest BCUT2D eigenvalue weighted by molar-refractivity contribution is 5.77. The number of carbonyl (C=O) groups excluding carboxylic acids is 1. The van der Waals surface area contributed by atoms with Gasteiger partial charge in [-0.1, -0.05) is 12.1 Å². The topological polar surface area (TPSA) is 56.8 Å². The molecule has 1 aliphatic rings. The van der Waals surface area contributed by atoms with Crippen molar-refractivity contribution in [1.29, 1.82) is 0 Å². The van der Waals surface area contributed by atoms with E-state index in [4.69, 9.17) is 14.2 Å². The molecule has 1 saturated heterocycles. The number of hydrogen-bond acceptors (Lipinski definition) is 4. The molecule has 2 rings (SSSR count). The van der Waals surface area contributed by atoms with Crippen LogP contribution in [0, 0.1) is 0 Å². The van der Waals surface area contributed by atoms with Crippen LogP contribution < -0.4 is 10.1 Å². The average molecular weight is 307 g/mol. The Balaban J connectivity index is 2.07. The first kappa shape index (κ1) is 16.8. The molecule has 0 saturated carbocycles. The van der Waals surface area contributed by atoms with Crippen LogP contribution in [0.25, 0.3) is 0 Å². The van der Waals surface area contributed by atoms with Crippen molar-refractivity contribution in [3.05, 3.63) is 29.8 Å². The molecule has 5 heteroatoms. The molecule has 122 valence electrons. The minimum absolute atomic E-state index is 0.0683. The molecule has 0 aromatic heterocycles. The number of nitrogens with one attached hydrogen (secondary N) is 1. The number of ether oxygens (including phenoxy) is 3. The Hall–Kier alpha value is -1.59. The van der Waals surface area contributed by atoms with Gasteiger partial charge in [-0.3, -0.25) is 4.79 Å². The van der Waals surface area contributed by atoms with Crippen molar-refractivity contribution >= 4 is 5.91 Å². The van der Waals surface area contributed by atoms with Crippen LogP contribution in [0.5, 0.6) is 5.75 Å². The summed E-state index contributed by atoms with van der Waals surface area (Å²) in [6.07, 6.45) is 1.79. The van der Waals surface area contributed by atoms with Gasteiger partial charge < -0.3 is 19.5 Å². The third-order valence-corrected chi connectivity index (χ3v) is 4.21. The largest absolute Gasteiger partial charge is 0.497 e. The van der Waals surface area contributed by atoms with Gasteiger partial charge in [-0.05, 0) is 37.5 Å². The quantitative estimate of drug-likeness (QED) is 0.836. The Morgan fingerprint density at radius 3 is 2.55 bits per heavy atom. The number of hydrogen-bond donors (Lipinski definition) is 1. The summed E-state index contributed by atoms with van der Waals surface area (Å²) in [5, 5.41) is 3.00. The molecule has 1 amide bonds. The van der Waals surface area contributed by atoms with Crippen LogP contribution in [-0.2, 0) is 19.7 Å². The third kappa shape index (κ3) is 4.21. The SMILES string of the molecule is CCOCC(=O)NCC1(c2ccc(OC)cc2)CCOCC1.